The van der Waals surface area contributed by atoms with Gasteiger partial charge in [-0.25, -0.2) is 16.8 Å². The van der Waals surface area contributed by atoms with E-state index in [-0.39, 0.29) is 27.0 Å². The predicted octanol–water partition coefficient (Wildman–Crippen LogP) is 2.42. The van der Waals surface area contributed by atoms with Crippen LogP contribution in [0, 0.1) is 10.1 Å². The van der Waals surface area contributed by atoms with Crippen LogP contribution in [0.1, 0.15) is 0 Å². The molecule has 0 radical (unpaired) electrons. The second-order valence-corrected chi connectivity index (χ2v) is 8.70. The summed E-state index contributed by atoms with van der Waals surface area (Å²) in [5.74, 6) is 0. The van der Waals surface area contributed by atoms with E-state index in [0.717, 1.165) is 24.5 Å². The maximum absolute atomic E-state index is 12.5. The van der Waals surface area contributed by atoms with E-state index in [2.05, 4.69) is 9.44 Å². The monoisotopic (exact) mass is 405 g/mol. The summed E-state index contributed by atoms with van der Waals surface area (Å²) >= 11 is 5.84. The van der Waals surface area contributed by atoms with Crippen molar-refractivity contribution in [1.29, 1.82) is 0 Å². The SMILES string of the molecule is CS(=O)(=O)Nc1ccccc1NS(=O)(=O)c1ccc([N+](=O)[O-])cc1Cl. The Hall–Kier alpha value is -2.37. The first-order valence-corrected chi connectivity index (χ1v) is 10.3. The first-order valence-electron chi connectivity index (χ1n) is 6.53. The van der Waals surface area contributed by atoms with Gasteiger partial charge in [0.1, 0.15) is 4.90 Å². The Labute approximate surface area is 148 Å². The van der Waals surface area contributed by atoms with E-state index in [9.17, 15) is 26.9 Å². The fraction of sp³-hybridized carbons (Fsp3) is 0.0769. The molecule has 12 heteroatoms. The summed E-state index contributed by atoms with van der Waals surface area (Å²) in [6.07, 6.45) is 0.922. The minimum atomic E-state index is -4.20. The molecule has 0 aliphatic rings. The van der Waals surface area contributed by atoms with Gasteiger partial charge in [0.15, 0.2) is 0 Å². The van der Waals surface area contributed by atoms with Crippen LogP contribution in [0.4, 0.5) is 17.1 Å². The van der Waals surface area contributed by atoms with Crippen LogP contribution in [0.15, 0.2) is 47.4 Å². The minimum Gasteiger partial charge on any atom is -0.282 e. The van der Waals surface area contributed by atoms with E-state index in [1.165, 1.54) is 24.3 Å². The number of nitrogens with one attached hydrogen (secondary N) is 2. The molecule has 25 heavy (non-hydrogen) atoms. The zero-order valence-corrected chi connectivity index (χ0v) is 15.0. The number of nitro groups is 1. The van der Waals surface area contributed by atoms with E-state index in [4.69, 9.17) is 11.6 Å². The number of nitrogens with zero attached hydrogens (tertiary/aromatic N) is 1. The van der Waals surface area contributed by atoms with Gasteiger partial charge in [-0.2, -0.15) is 0 Å². The van der Waals surface area contributed by atoms with E-state index in [1.54, 1.807) is 0 Å². The number of benzene rings is 2. The third-order valence-corrected chi connectivity index (χ3v) is 5.32. The average molecular weight is 406 g/mol. The summed E-state index contributed by atoms with van der Waals surface area (Å²) in [6, 6.07) is 8.65. The number of halogens is 1. The highest BCUT2D eigenvalue weighted by Crippen LogP contribution is 2.30. The molecule has 0 fully saturated rings. The molecule has 2 aromatic rings. The molecule has 0 aromatic heterocycles. The van der Waals surface area contributed by atoms with E-state index >= 15 is 0 Å². The number of para-hydroxylation sites is 2. The first-order chi connectivity index (χ1) is 11.5. The second kappa shape index (κ2) is 6.86. The summed E-state index contributed by atoms with van der Waals surface area (Å²) in [5.41, 5.74) is -0.364. The largest absolute Gasteiger partial charge is 0.282 e. The van der Waals surface area contributed by atoms with Crippen LogP contribution in [-0.2, 0) is 20.0 Å². The molecule has 0 bridgehead atoms. The lowest BCUT2D eigenvalue weighted by molar-refractivity contribution is -0.384. The van der Waals surface area contributed by atoms with Crippen molar-refractivity contribution in [3.63, 3.8) is 0 Å². The quantitative estimate of drug-likeness (QED) is 0.559. The number of hydrogen-bond acceptors (Lipinski definition) is 6. The fourth-order valence-electron chi connectivity index (χ4n) is 1.88. The Bertz CT molecular complexity index is 1040. The van der Waals surface area contributed by atoms with Crippen molar-refractivity contribution in [3.8, 4) is 0 Å². The number of nitro benzene ring substituents is 1. The number of rotatable bonds is 6. The molecule has 0 atom stereocenters. The molecule has 2 rings (SSSR count). The van der Waals surface area contributed by atoms with Gasteiger partial charge in [0.25, 0.3) is 15.7 Å². The van der Waals surface area contributed by atoms with Crippen molar-refractivity contribution >= 4 is 48.7 Å². The van der Waals surface area contributed by atoms with Crippen LogP contribution in [0.5, 0.6) is 0 Å². The Kier molecular flexibility index (Phi) is 5.20. The van der Waals surface area contributed by atoms with Gasteiger partial charge >= 0.3 is 0 Å². The molecule has 0 saturated carbocycles. The van der Waals surface area contributed by atoms with Crippen LogP contribution in [0.2, 0.25) is 5.02 Å². The summed E-state index contributed by atoms with van der Waals surface area (Å²) < 4.78 is 52.1. The zero-order valence-electron chi connectivity index (χ0n) is 12.6. The van der Waals surface area contributed by atoms with Crippen LogP contribution in [-0.4, -0.2) is 28.0 Å². The lowest BCUT2D eigenvalue weighted by Gasteiger charge is -2.13. The Balaban J connectivity index is 2.42. The van der Waals surface area contributed by atoms with Crippen molar-refractivity contribution in [2.24, 2.45) is 0 Å². The normalized spacial score (nSPS) is 11.8. The fourth-order valence-corrected chi connectivity index (χ4v) is 4.08. The molecule has 0 saturated heterocycles. The van der Waals surface area contributed by atoms with Gasteiger partial charge < -0.3 is 0 Å². The number of anilines is 2. The van der Waals surface area contributed by atoms with Crippen molar-refractivity contribution in [3.05, 3.63) is 57.6 Å². The molecule has 134 valence electrons. The van der Waals surface area contributed by atoms with Gasteiger partial charge in [-0.1, -0.05) is 23.7 Å². The van der Waals surface area contributed by atoms with Crippen molar-refractivity contribution < 1.29 is 21.8 Å². The smallest absolute Gasteiger partial charge is 0.271 e. The molecule has 0 heterocycles. The minimum absolute atomic E-state index is 0.0200. The highest BCUT2D eigenvalue weighted by molar-refractivity contribution is 7.93. The lowest BCUT2D eigenvalue weighted by atomic mass is 10.3. The van der Waals surface area contributed by atoms with Crippen LogP contribution >= 0.6 is 11.6 Å². The number of non-ortho nitro benzene ring substituents is 1. The molecule has 0 aliphatic carbocycles. The summed E-state index contributed by atoms with van der Waals surface area (Å²) in [7, 11) is -7.83. The molecular weight excluding hydrogens is 394 g/mol. The van der Waals surface area contributed by atoms with Gasteiger partial charge in [0.2, 0.25) is 10.0 Å². The molecule has 0 amide bonds. The maximum atomic E-state index is 12.5. The number of hydrogen-bond donors (Lipinski definition) is 2. The van der Waals surface area contributed by atoms with Crippen molar-refractivity contribution in [2.75, 3.05) is 15.7 Å². The van der Waals surface area contributed by atoms with Gasteiger partial charge in [-0.3, -0.25) is 19.6 Å². The molecule has 9 nitrogen and oxygen atoms in total. The Morgan fingerprint density at radius 3 is 2.04 bits per heavy atom. The second-order valence-electron chi connectivity index (χ2n) is 4.90. The molecule has 0 spiro atoms. The topological polar surface area (TPSA) is 135 Å². The van der Waals surface area contributed by atoms with Crippen LogP contribution in [0.25, 0.3) is 0 Å². The number of sulfonamides is 2. The van der Waals surface area contributed by atoms with Gasteiger partial charge in [-0.15, -0.1) is 0 Å². The Morgan fingerprint density at radius 2 is 1.56 bits per heavy atom. The maximum Gasteiger partial charge on any atom is 0.271 e. The molecule has 2 aromatic carbocycles. The van der Waals surface area contributed by atoms with E-state index in [0.29, 0.717) is 0 Å². The van der Waals surface area contributed by atoms with E-state index in [1.807, 2.05) is 0 Å². The lowest BCUT2D eigenvalue weighted by Crippen LogP contribution is -2.17. The summed E-state index contributed by atoms with van der Waals surface area (Å²) in [5, 5.41) is 10.4. The predicted molar refractivity (Wildman–Crippen MR) is 93.8 cm³/mol. The van der Waals surface area contributed by atoms with Crippen LogP contribution < -0.4 is 9.44 Å². The molecular formula is C13H12ClN3O6S2. The zero-order chi connectivity index (χ0) is 18.8. The Morgan fingerprint density at radius 1 is 1.00 bits per heavy atom. The van der Waals surface area contributed by atoms with Crippen molar-refractivity contribution in [2.45, 2.75) is 4.90 Å². The highest BCUT2D eigenvalue weighted by Gasteiger charge is 2.22. The molecule has 2 N–H and O–H groups in total. The van der Waals surface area contributed by atoms with E-state index < -0.39 is 25.0 Å². The molecule has 0 unspecified atom stereocenters. The highest BCUT2D eigenvalue weighted by atomic mass is 35.5. The van der Waals surface area contributed by atoms with Crippen LogP contribution in [0.3, 0.4) is 0 Å². The van der Waals surface area contributed by atoms with Gasteiger partial charge in [-0.05, 0) is 18.2 Å². The first kappa shape index (κ1) is 19.0. The van der Waals surface area contributed by atoms with Crippen molar-refractivity contribution in [1.82, 2.24) is 0 Å². The van der Waals surface area contributed by atoms with Gasteiger partial charge in [0.05, 0.1) is 27.6 Å². The average Bonchev–Trinajstić information content (AvgIpc) is 2.47. The standard InChI is InChI=1S/C13H12ClN3O6S2/c1-24(20,21)15-11-4-2-3-5-12(11)16-25(22,23)13-7-6-9(17(18)19)8-10(13)14/h2-8,15-16H,1H3. The third-order valence-electron chi connectivity index (χ3n) is 2.88. The van der Waals surface area contributed by atoms with Gasteiger partial charge in [0, 0.05) is 12.1 Å². The summed E-state index contributed by atoms with van der Waals surface area (Å²) in [4.78, 5) is 9.61. The third kappa shape index (κ3) is 4.81. The molecule has 0 aliphatic heterocycles. The summed E-state index contributed by atoms with van der Waals surface area (Å²) in [6.45, 7) is 0.